The number of fused-ring (bicyclic) bond motifs is 3. The molecule has 0 aliphatic heterocycles. The van der Waals surface area contributed by atoms with Gasteiger partial charge in [-0.1, -0.05) is 61.9 Å². The maximum absolute atomic E-state index is 12.6. The van der Waals surface area contributed by atoms with Crippen LogP contribution >= 0.6 is 0 Å². The highest BCUT2D eigenvalue weighted by Crippen LogP contribution is 2.44. The largest absolute Gasteiger partial charge is 0.481 e. The molecular weight excluding hydrogens is 432 g/mol. The first-order chi connectivity index (χ1) is 16.4. The van der Waals surface area contributed by atoms with Crippen LogP contribution in [0.25, 0.3) is 11.1 Å². The Labute approximate surface area is 199 Å². The molecule has 0 saturated heterocycles. The number of alkyl carbamates (subject to hydrolysis) is 1. The molecule has 2 aromatic rings. The van der Waals surface area contributed by atoms with Crippen LogP contribution in [0.2, 0.25) is 0 Å². The predicted octanol–water partition coefficient (Wildman–Crippen LogP) is 4.31. The van der Waals surface area contributed by atoms with E-state index in [4.69, 9.17) is 9.84 Å². The second-order valence-corrected chi connectivity index (χ2v) is 9.35. The van der Waals surface area contributed by atoms with Crippen LogP contribution in [-0.2, 0) is 14.3 Å². The van der Waals surface area contributed by atoms with Crippen molar-refractivity contribution in [3.8, 4) is 11.1 Å². The highest BCUT2D eigenvalue weighted by atomic mass is 16.5. The number of carbonyl (C=O) groups excluding carboxylic acids is 2. The van der Waals surface area contributed by atoms with Crippen LogP contribution in [0.5, 0.6) is 0 Å². The second-order valence-electron chi connectivity index (χ2n) is 9.35. The fourth-order valence-electron chi connectivity index (χ4n) is 5.05. The number of carboxylic acids is 1. The quantitative estimate of drug-likeness (QED) is 0.540. The molecule has 3 unspecified atom stereocenters. The number of carboxylic acid groups (broad SMARTS) is 1. The van der Waals surface area contributed by atoms with Crippen LogP contribution < -0.4 is 10.6 Å². The Morgan fingerprint density at radius 3 is 2.32 bits per heavy atom. The lowest BCUT2D eigenvalue weighted by atomic mass is 9.85. The molecule has 1 saturated carbocycles. The highest BCUT2D eigenvalue weighted by Gasteiger charge is 2.31. The van der Waals surface area contributed by atoms with Crippen molar-refractivity contribution in [2.75, 3.05) is 13.2 Å². The van der Waals surface area contributed by atoms with Gasteiger partial charge in [0.15, 0.2) is 0 Å². The predicted molar refractivity (Wildman–Crippen MR) is 128 cm³/mol. The molecule has 0 aromatic heterocycles. The average Bonchev–Trinajstić information content (AvgIpc) is 3.16. The molecule has 3 atom stereocenters. The van der Waals surface area contributed by atoms with Crippen LogP contribution in [-0.4, -0.2) is 42.3 Å². The topological polar surface area (TPSA) is 105 Å². The zero-order valence-electron chi connectivity index (χ0n) is 19.5. The van der Waals surface area contributed by atoms with Crippen LogP contribution in [0.1, 0.15) is 56.1 Å². The van der Waals surface area contributed by atoms with Crippen molar-refractivity contribution in [1.29, 1.82) is 0 Å². The van der Waals surface area contributed by atoms with Crippen molar-refractivity contribution < 1.29 is 24.2 Å². The van der Waals surface area contributed by atoms with Crippen LogP contribution in [0.4, 0.5) is 4.79 Å². The number of benzene rings is 2. The summed E-state index contributed by atoms with van der Waals surface area (Å²) in [6.07, 6.45) is 2.92. The standard InChI is InChI=1S/C27H32N2O5/c1-17(26(31)32)13-14-28-25(30)18-7-6-8-19(15-18)29-27(33)34-16-24-22-11-4-2-9-20(22)21-10-3-5-12-23(21)24/h2-5,9-12,17-19,24H,6-8,13-16H2,1H3,(H,28,30)(H,29,33)(H,31,32). The molecule has 2 aromatic carbocycles. The summed E-state index contributed by atoms with van der Waals surface area (Å²) < 4.78 is 5.65. The van der Waals surface area contributed by atoms with E-state index in [-0.39, 0.29) is 30.4 Å². The normalized spacial score (nSPS) is 20.0. The van der Waals surface area contributed by atoms with Gasteiger partial charge in [-0.3, -0.25) is 9.59 Å². The van der Waals surface area contributed by atoms with Crippen LogP contribution in [0, 0.1) is 11.8 Å². The van der Waals surface area contributed by atoms with Crippen molar-refractivity contribution in [2.45, 2.75) is 51.0 Å². The monoisotopic (exact) mass is 464 g/mol. The molecule has 3 N–H and O–H groups in total. The van der Waals surface area contributed by atoms with E-state index in [1.165, 1.54) is 22.3 Å². The van der Waals surface area contributed by atoms with E-state index in [2.05, 4.69) is 34.9 Å². The van der Waals surface area contributed by atoms with Gasteiger partial charge >= 0.3 is 12.1 Å². The summed E-state index contributed by atoms with van der Waals surface area (Å²) >= 11 is 0. The van der Waals surface area contributed by atoms with Crippen LogP contribution in [0.15, 0.2) is 48.5 Å². The minimum Gasteiger partial charge on any atom is -0.481 e. The Kier molecular flexibility index (Phi) is 7.50. The van der Waals surface area contributed by atoms with Gasteiger partial charge in [-0.25, -0.2) is 4.79 Å². The molecule has 0 bridgehead atoms. The highest BCUT2D eigenvalue weighted by molar-refractivity contribution is 5.80. The van der Waals surface area contributed by atoms with Gasteiger partial charge in [0.1, 0.15) is 6.61 Å². The van der Waals surface area contributed by atoms with E-state index in [0.29, 0.717) is 19.4 Å². The summed E-state index contributed by atoms with van der Waals surface area (Å²) in [6.45, 7) is 2.23. The van der Waals surface area contributed by atoms with E-state index in [9.17, 15) is 14.4 Å². The zero-order chi connectivity index (χ0) is 24.1. The summed E-state index contributed by atoms with van der Waals surface area (Å²) in [5.41, 5.74) is 4.71. The fraction of sp³-hybridized carbons (Fsp3) is 0.444. The number of hydrogen-bond acceptors (Lipinski definition) is 4. The molecule has 2 amide bonds. The summed E-state index contributed by atoms with van der Waals surface area (Å²) in [5, 5.41) is 14.8. The maximum Gasteiger partial charge on any atom is 0.407 e. The first-order valence-electron chi connectivity index (χ1n) is 12.1. The second kappa shape index (κ2) is 10.7. The lowest BCUT2D eigenvalue weighted by molar-refractivity contribution is -0.141. The van der Waals surface area contributed by atoms with E-state index < -0.39 is 18.0 Å². The first kappa shape index (κ1) is 23.8. The Hall–Kier alpha value is -3.35. The molecule has 0 radical (unpaired) electrons. The van der Waals surface area contributed by atoms with Gasteiger partial charge in [0, 0.05) is 24.4 Å². The van der Waals surface area contributed by atoms with E-state index >= 15 is 0 Å². The number of ether oxygens (including phenoxy) is 1. The minimum absolute atomic E-state index is 0.0104. The SMILES string of the molecule is CC(CCNC(=O)C1CCCC(NC(=O)OCC2c3ccccc3-c3ccccc32)C1)C(=O)O. The third-order valence-electron chi connectivity index (χ3n) is 7.01. The summed E-state index contributed by atoms with van der Waals surface area (Å²) in [5.74, 6) is -1.60. The van der Waals surface area contributed by atoms with Crippen molar-refractivity contribution in [1.82, 2.24) is 10.6 Å². The first-order valence-corrected chi connectivity index (χ1v) is 12.1. The molecule has 2 aliphatic rings. The zero-order valence-corrected chi connectivity index (χ0v) is 19.5. The fourth-order valence-corrected chi connectivity index (χ4v) is 5.05. The number of aliphatic carboxylic acids is 1. The Morgan fingerprint density at radius 1 is 1.03 bits per heavy atom. The smallest absolute Gasteiger partial charge is 0.407 e. The third-order valence-corrected chi connectivity index (χ3v) is 7.01. The van der Waals surface area contributed by atoms with Crippen molar-refractivity contribution in [2.24, 2.45) is 11.8 Å². The number of carbonyl (C=O) groups is 3. The van der Waals surface area contributed by atoms with Crippen molar-refractivity contribution >= 4 is 18.0 Å². The van der Waals surface area contributed by atoms with Gasteiger partial charge in [-0.2, -0.15) is 0 Å². The lowest BCUT2D eigenvalue weighted by Gasteiger charge is -2.29. The van der Waals surface area contributed by atoms with E-state index in [1.54, 1.807) is 6.92 Å². The molecule has 4 rings (SSSR count). The van der Waals surface area contributed by atoms with Crippen molar-refractivity contribution in [3.63, 3.8) is 0 Å². The van der Waals surface area contributed by atoms with Gasteiger partial charge in [0.05, 0.1) is 5.92 Å². The molecule has 2 aliphatic carbocycles. The third kappa shape index (κ3) is 5.41. The van der Waals surface area contributed by atoms with Gasteiger partial charge in [-0.05, 0) is 47.9 Å². The van der Waals surface area contributed by atoms with Crippen LogP contribution in [0.3, 0.4) is 0 Å². The summed E-state index contributed by atoms with van der Waals surface area (Å²) in [6, 6.07) is 16.3. The number of rotatable bonds is 8. The Bertz CT molecular complexity index is 1010. The van der Waals surface area contributed by atoms with Gasteiger partial charge < -0.3 is 20.5 Å². The minimum atomic E-state index is -0.862. The average molecular weight is 465 g/mol. The van der Waals surface area contributed by atoms with E-state index in [0.717, 1.165) is 19.3 Å². The van der Waals surface area contributed by atoms with E-state index in [1.807, 2.05) is 24.3 Å². The Morgan fingerprint density at radius 2 is 1.68 bits per heavy atom. The molecule has 7 nitrogen and oxygen atoms in total. The molecule has 7 heteroatoms. The van der Waals surface area contributed by atoms with Gasteiger partial charge in [0.2, 0.25) is 5.91 Å². The van der Waals surface area contributed by atoms with Gasteiger partial charge in [-0.15, -0.1) is 0 Å². The molecule has 1 fully saturated rings. The molecule has 0 heterocycles. The van der Waals surface area contributed by atoms with Gasteiger partial charge in [0.25, 0.3) is 0 Å². The van der Waals surface area contributed by atoms with Crippen molar-refractivity contribution in [3.05, 3.63) is 59.7 Å². The summed E-state index contributed by atoms with van der Waals surface area (Å²) in [7, 11) is 0. The Balaban J connectivity index is 1.27. The number of hydrogen-bond donors (Lipinski definition) is 3. The summed E-state index contributed by atoms with van der Waals surface area (Å²) in [4.78, 5) is 36.0. The molecule has 180 valence electrons. The number of amides is 2. The molecule has 0 spiro atoms. The molecular formula is C27H32N2O5. The maximum atomic E-state index is 12.6. The number of nitrogens with one attached hydrogen (secondary N) is 2. The lowest BCUT2D eigenvalue weighted by Crippen LogP contribution is -2.43. The molecule has 34 heavy (non-hydrogen) atoms.